The maximum atomic E-state index is 15.7. The molecule has 1 aromatic carbocycles. The number of fused-ring (bicyclic) bond motifs is 1. The van der Waals surface area contributed by atoms with Gasteiger partial charge in [0, 0.05) is 56.6 Å². The second-order valence-electron chi connectivity index (χ2n) is 9.91. The van der Waals surface area contributed by atoms with E-state index in [1.807, 2.05) is 11.8 Å². The number of anilines is 4. The summed E-state index contributed by atoms with van der Waals surface area (Å²) in [5, 5.41) is 5.71. The van der Waals surface area contributed by atoms with Gasteiger partial charge in [0.15, 0.2) is 11.6 Å². The molecule has 0 bridgehead atoms. The Bertz CT molecular complexity index is 1270. The maximum absolute atomic E-state index is 15.7. The molecular weight excluding hydrogens is 494 g/mol. The van der Waals surface area contributed by atoms with Crippen molar-refractivity contribution < 1.29 is 23.1 Å². The van der Waals surface area contributed by atoms with E-state index in [9.17, 15) is 9.59 Å². The highest BCUT2D eigenvalue weighted by molar-refractivity contribution is 6.03. The first-order valence-electron chi connectivity index (χ1n) is 12.8. The summed E-state index contributed by atoms with van der Waals surface area (Å²) in [6, 6.07) is 4.60. The second kappa shape index (κ2) is 10.6. The third-order valence-corrected chi connectivity index (χ3v) is 7.63. The molecular formula is C27H32F2N6O3. The van der Waals surface area contributed by atoms with Crippen LogP contribution in [0.15, 0.2) is 30.9 Å². The number of piperidine rings is 1. The van der Waals surface area contributed by atoms with Gasteiger partial charge in [0.05, 0.1) is 24.5 Å². The van der Waals surface area contributed by atoms with Crippen LogP contribution in [0.25, 0.3) is 0 Å². The third-order valence-electron chi connectivity index (χ3n) is 7.63. The average molecular weight is 527 g/mol. The molecule has 0 spiro atoms. The molecule has 2 fully saturated rings. The largest absolute Gasteiger partial charge is 0.378 e. The minimum Gasteiger partial charge on any atom is -0.378 e. The van der Waals surface area contributed by atoms with Crippen molar-refractivity contribution in [3.8, 4) is 0 Å². The van der Waals surface area contributed by atoms with Crippen LogP contribution < -0.4 is 20.4 Å². The number of amides is 2. The Morgan fingerprint density at radius 2 is 2.05 bits per heavy atom. The summed E-state index contributed by atoms with van der Waals surface area (Å²) in [4.78, 5) is 34.9. The zero-order chi connectivity index (χ0) is 27.0. The number of pyridine rings is 1. The van der Waals surface area contributed by atoms with Crippen molar-refractivity contribution >= 4 is 34.8 Å². The van der Waals surface area contributed by atoms with Crippen molar-refractivity contribution in [2.24, 2.45) is 0 Å². The summed E-state index contributed by atoms with van der Waals surface area (Å²) in [6.45, 7) is 8.27. The molecule has 202 valence electrons. The van der Waals surface area contributed by atoms with E-state index >= 15 is 8.78 Å². The monoisotopic (exact) mass is 526 g/mol. The average Bonchev–Trinajstić information content (AvgIpc) is 3.32. The number of likely N-dealkylation sites (tertiary alicyclic amines) is 1. The molecule has 4 heterocycles. The van der Waals surface area contributed by atoms with Crippen molar-refractivity contribution in [1.82, 2.24) is 15.2 Å². The Kier molecular flexibility index (Phi) is 7.20. The van der Waals surface area contributed by atoms with Crippen LogP contribution in [0.4, 0.5) is 31.8 Å². The SMILES string of the molecule is C=CC(=O)N1C[C@H](N(C)c2nc(Nc3ccc(N4CCOCC4)c(F)c3)c3c(c2F)CNC3=O)CC[C@@H]1C. The fourth-order valence-corrected chi connectivity index (χ4v) is 5.37. The predicted octanol–water partition coefficient (Wildman–Crippen LogP) is 3.19. The standard InChI is InChI=1S/C27H32F2N6O3/c1-4-22(36)35-15-18(7-5-16(35)2)33(3)26-24(29)19-14-30-27(37)23(19)25(32-26)31-17-6-8-21(20(28)13-17)34-9-11-38-12-10-34/h4,6,8,13,16,18H,1,5,7,9-12,14-15H2,2-3H3,(H,30,37)(H,31,32)/t16-,18+/m0/s1. The molecule has 0 saturated carbocycles. The van der Waals surface area contributed by atoms with Gasteiger partial charge in [0.2, 0.25) is 5.91 Å². The molecule has 3 aliphatic heterocycles. The quantitative estimate of drug-likeness (QED) is 0.559. The number of aromatic nitrogens is 1. The summed E-state index contributed by atoms with van der Waals surface area (Å²) in [5.74, 6) is -1.39. The second-order valence-corrected chi connectivity index (χ2v) is 9.91. The first-order valence-corrected chi connectivity index (χ1v) is 12.8. The van der Waals surface area contributed by atoms with Crippen molar-refractivity contribution in [2.75, 3.05) is 55.0 Å². The summed E-state index contributed by atoms with van der Waals surface area (Å²) in [5.41, 5.74) is 1.18. The van der Waals surface area contributed by atoms with Crippen LogP contribution in [0.2, 0.25) is 0 Å². The fraction of sp³-hybridized carbons (Fsp3) is 0.444. The number of hydrogen-bond acceptors (Lipinski definition) is 7. The van der Waals surface area contributed by atoms with Gasteiger partial charge in [0.25, 0.3) is 5.91 Å². The van der Waals surface area contributed by atoms with Crippen LogP contribution in [0.3, 0.4) is 0 Å². The van der Waals surface area contributed by atoms with E-state index in [1.54, 1.807) is 29.0 Å². The molecule has 2 amide bonds. The van der Waals surface area contributed by atoms with E-state index < -0.39 is 17.5 Å². The van der Waals surface area contributed by atoms with Crippen molar-refractivity contribution in [2.45, 2.75) is 38.4 Å². The van der Waals surface area contributed by atoms with Crippen LogP contribution >= 0.6 is 0 Å². The smallest absolute Gasteiger partial charge is 0.255 e. The van der Waals surface area contributed by atoms with Gasteiger partial charge in [-0.1, -0.05) is 6.58 Å². The van der Waals surface area contributed by atoms with E-state index in [0.29, 0.717) is 44.2 Å². The van der Waals surface area contributed by atoms with Gasteiger partial charge in [0.1, 0.15) is 11.6 Å². The number of hydrogen-bond donors (Lipinski definition) is 2. The molecule has 3 aliphatic rings. The molecule has 2 atom stereocenters. The number of rotatable bonds is 6. The lowest BCUT2D eigenvalue weighted by Gasteiger charge is -2.41. The Morgan fingerprint density at radius 1 is 1.29 bits per heavy atom. The van der Waals surface area contributed by atoms with Gasteiger partial charge >= 0.3 is 0 Å². The number of nitrogens with one attached hydrogen (secondary N) is 2. The molecule has 2 saturated heterocycles. The molecule has 11 heteroatoms. The zero-order valence-corrected chi connectivity index (χ0v) is 21.6. The van der Waals surface area contributed by atoms with Crippen LogP contribution in [0, 0.1) is 11.6 Å². The number of benzene rings is 1. The van der Waals surface area contributed by atoms with Gasteiger partial charge in [-0.05, 0) is 44.0 Å². The first kappa shape index (κ1) is 25.9. The first-order chi connectivity index (χ1) is 18.3. The van der Waals surface area contributed by atoms with Gasteiger partial charge in [-0.2, -0.15) is 0 Å². The molecule has 0 radical (unpaired) electrons. The number of ether oxygens (including phenoxy) is 1. The number of carbonyl (C=O) groups excluding carboxylic acids is 2. The fourth-order valence-electron chi connectivity index (χ4n) is 5.37. The Morgan fingerprint density at radius 3 is 2.76 bits per heavy atom. The van der Waals surface area contributed by atoms with Crippen molar-refractivity contribution in [3.63, 3.8) is 0 Å². The highest BCUT2D eigenvalue weighted by atomic mass is 19.1. The zero-order valence-electron chi connectivity index (χ0n) is 21.6. The lowest BCUT2D eigenvalue weighted by atomic mass is 9.98. The van der Waals surface area contributed by atoms with Crippen LogP contribution in [-0.2, 0) is 16.1 Å². The predicted molar refractivity (Wildman–Crippen MR) is 141 cm³/mol. The molecule has 5 rings (SSSR count). The number of morpholine rings is 1. The minimum atomic E-state index is -0.583. The molecule has 0 unspecified atom stereocenters. The summed E-state index contributed by atoms with van der Waals surface area (Å²) < 4.78 is 36.1. The number of halogens is 2. The third kappa shape index (κ3) is 4.78. The number of carbonyl (C=O) groups is 2. The topological polar surface area (TPSA) is 90.0 Å². The Balaban J connectivity index is 1.45. The molecule has 38 heavy (non-hydrogen) atoms. The molecule has 9 nitrogen and oxygen atoms in total. The summed E-state index contributed by atoms with van der Waals surface area (Å²) >= 11 is 0. The molecule has 0 aliphatic carbocycles. The number of likely N-dealkylation sites (N-methyl/N-ethyl adjacent to an activating group) is 1. The summed E-state index contributed by atoms with van der Waals surface area (Å²) in [6.07, 6.45) is 2.78. The van der Waals surface area contributed by atoms with Crippen LogP contribution in [0.5, 0.6) is 0 Å². The van der Waals surface area contributed by atoms with Crippen LogP contribution in [0.1, 0.15) is 35.7 Å². The lowest BCUT2D eigenvalue weighted by molar-refractivity contribution is -0.129. The Hall–Kier alpha value is -3.73. The van der Waals surface area contributed by atoms with E-state index in [2.05, 4.69) is 22.2 Å². The highest BCUT2D eigenvalue weighted by Gasteiger charge is 2.35. The Labute approximate surface area is 220 Å². The number of nitrogens with zero attached hydrogens (tertiary/aromatic N) is 4. The maximum Gasteiger partial charge on any atom is 0.255 e. The van der Waals surface area contributed by atoms with E-state index in [1.165, 1.54) is 12.1 Å². The molecule has 2 aromatic rings. The van der Waals surface area contributed by atoms with Gasteiger partial charge in [-0.25, -0.2) is 13.8 Å². The van der Waals surface area contributed by atoms with Gasteiger partial charge < -0.3 is 30.1 Å². The van der Waals surface area contributed by atoms with Gasteiger partial charge in [-0.15, -0.1) is 0 Å². The highest BCUT2D eigenvalue weighted by Crippen LogP contribution is 2.35. The normalized spacial score (nSPS) is 21.1. The lowest BCUT2D eigenvalue weighted by Crippen LogP contribution is -2.52. The van der Waals surface area contributed by atoms with Crippen molar-refractivity contribution in [1.29, 1.82) is 0 Å². The molecule has 1 aromatic heterocycles. The molecule has 2 N–H and O–H groups in total. The van der Waals surface area contributed by atoms with Crippen molar-refractivity contribution in [3.05, 3.63) is 53.6 Å². The van der Waals surface area contributed by atoms with Crippen LogP contribution in [-0.4, -0.2) is 73.7 Å². The summed E-state index contributed by atoms with van der Waals surface area (Å²) in [7, 11) is 1.74. The van der Waals surface area contributed by atoms with E-state index in [0.717, 1.165) is 12.8 Å². The van der Waals surface area contributed by atoms with E-state index in [-0.39, 0.29) is 47.3 Å². The van der Waals surface area contributed by atoms with E-state index in [4.69, 9.17) is 4.74 Å². The minimum absolute atomic E-state index is 0.0329. The van der Waals surface area contributed by atoms with Gasteiger partial charge in [-0.3, -0.25) is 9.59 Å².